The summed E-state index contributed by atoms with van der Waals surface area (Å²) in [7, 11) is -3.79. The molecular formula is C24H25N3O5S. The van der Waals surface area contributed by atoms with E-state index >= 15 is 0 Å². The molecule has 0 aliphatic carbocycles. The fourth-order valence-electron chi connectivity index (χ4n) is 3.54. The lowest BCUT2D eigenvalue weighted by molar-refractivity contribution is -0.137. The number of hydrogen-bond acceptors (Lipinski definition) is 6. The number of nitriles is 1. The lowest BCUT2D eigenvalue weighted by Crippen LogP contribution is -2.43. The molecule has 33 heavy (non-hydrogen) atoms. The average Bonchev–Trinajstić information content (AvgIpc) is 3.30. The molecule has 1 amide bonds. The van der Waals surface area contributed by atoms with Crippen LogP contribution in [-0.4, -0.2) is 43.8 Å². The van der Waals surface area contributed by atoms with Crippen LogP contribution in [0.3, 0.4) is 0 Å². The van der Waals surface area contributed by atoms with Gasteiger partial charge in [0.15, 0.2) is 0 Å². The zero-order valence-corrected chi connectivity index (χ0v) is 19.3. The lowest BCUT2D eigenvalue weighted by atomic mass is 10.1. The van der Waals surface area contributed by atoms with Gasteiger partial charge in [0, 0.05) is 12.2 Å². The molecule has 2 aromatic carbocycles. The van der Waals surface area contributed by atoms with Crippen LogP contribution in [0.25, 0.3) is 6.08 Å². The first kappa shape index (κ1) is 24.2. The Morgan fingerprint density at radius 2 is 1.85 bits per heavy atom. The average molecular weight is 468 g/mol. The molecule has 8 nitrogen and oxygen atoms in total. The van der Waals surface area contributed by atoms with Crippen molar-refractivity contribution in [2.75, 3.05) is 18.5 Å². The highest BCUT2D eigenvalue weighted by Crippen LogP contribution is 2.27. The van der Waals surface area contributed by atoms with E-state index < -0.39 is 27.9 Å². The smallest absolute Gasteiger partial charge is 0.348 e. The second kappa shape index (κ2) is 10.4. The normalized spacial score (nSPS) is 16.8. The summed E-state index contributed by atoms with van der Waals surface area (Å²) in [6, 6.07) is 14.1. The third-order valence-corrected chi connectivity index (χ3v) is 7.16. The third-order valence-electron chi connectivity index (χ3n) is 5.24. The molecule has 1 fully saturated rings. The minimum absolute atomic E-state index is 0.128. The van der Waals surface area contributed by atoms with Gasteiger partial charge in [-0.1, -0.05) is 29.8 Å². The number of nitrogens with one attached hydrogen (secondary N) is 1. The van der Waals surface area contributed by atoms with Gasteiger partial charge < -0.3 is 10.1 Å². The topological polar surface area (TPSA) is 117 Å². The van der Waals surface area contributed by atoms with E-state index in [0.29, 0.717) is 24.1 Å². The van der Waals surface area contributed by atoms with E-state index in [9.17, 15) is 18.0 Å². The van der Waals surface area contributed by atoms with Gasteiger partial charge in [-0.25, -0.2) is 13.2 Å². The van der Waals surface area contributed by atoms with Crippen molar-refractivity contribution in [3.63, 3.8) is 0 Å². The summed E-state index contributed by atoms with van der Waals surface area (Å²) in [5, 5.41) is 11.9. The lowest BCUT2D eigenvalue weighted by Gasteiger charge is -2.23. The van der Waals surface area contributed by atoms with E-state index in [-0.39, 0.29) is 23.6 Å². The fourth-order valence-corrected chi connectivity index (χ4v) is 5.19. The number of anilines is 1. The number of sulfonamides is 1. The van der Waals surface area contributed by atoms with Gasteiger partial charge >= 0.3 is 5.97 Å². The quantitative estimate of drug-likeness (QED) is 0.380. The Morgan fingerprint density at radius 3 is 2.45 bits per heavy atom. The summed E-state index contributed by atoms with van der Waals surface area (Å²) in [6.07, 6.45) is 2.43. The maximum absolute atomic E-state index is 13.1. The second-order valence-electron chi connectivity index (χ2n) is 7.59. The van der Waals surface area contributed by atoms with Gasteiger partial charge in [0.2, 0.25) is 15.9 Å². The number of carbonyl (C=O) groups excluding carboxylic acids is 2. The molecule has 1 heterocycles. The number of carbonyl (C=O) groups is 2. The Balaban J connectivity index is 1.72. The van der Waals surface area contributed by atoms with Crippen molar-refractivity contribution in [2.45, 2.75) is 37.6 Å². The monoisotopic (exact) mass is 467 g/mol. The summed E-state index contributed by atoms with van der Waals surface area (Å²) in [5.41, 5.74) is 1.89. The minimum atomic E-state index is -3.79. The molecule has 0 aromatic heterocycles. The van der Waals surface area contributed by atoms with Gasteiger partial charge in [-0.2, -0.15) is 9.57 Å². The summed E-state index contributed by atoms with van der Waals surface area (Å²) in [6.45, 7) is 3.98. The first-order valence-corrected chi connectivity index (χ1v) is 12.0. The van der Waals surface area contributed by atoms with Gasteiger partial charge in [0.1, 0.15) is 17.7 Å². The van der Waals surface area contributed by atoms with Gasteiger partial charge in [0.25, 0.3) is 0 Å². The maximum atomic E-state index is 13.1. The van der Waals surface area contributed by atoms with Crippen LogP contribution in [0.5, 0.6) is 0 Å². The highest BCUT2D eigenvalue weighted by atomic mass is 32.2. The molecule has 0 saturated carbocycles. The Morgan fingerprint density at radius 1 is 1.18 bits per heavy atom. The van der Waals surface area contributed by atoms with Crippen molar-refractivity contribution in [1.29, 1.82) is 5.26 Å². The molecular weight excluding hydrogens is 442 g/mol. The highest BCUT2D eigenvalue weighted by Gasteiger charge is 2.39. The van der Waals surface area contributed by atoms with E-state index in [1.807, 2.05) is 13.0 Å². The van der Waals surface area contributed by atoms with Crippen molar-refractivity contribution in [2.24, 2.45) is 0 Å². The molecule has 0 spiro atoms. The highest BCUT2D eigenvalue weighted by molar-refractivity contribution is 7.89. The summed E-state index contributed by atoms with van der Waals surface area (Å²) < 4.78 is 32.2. The maximum Gasteiger partial charge on any atom is 0.348 e. The van der Waals surface area contributed by atoms with Gasteiger partial charge in [-0.15, -0.1) is 0 Å². The zero-order chi connectivity index (χ0) is 24.0. The van der Waals surface area contributed by atoms with Crippen molar-refractivity contribution in [1.82, 2.24) is 4.31 Å². The van der Waals surface area contributed by atoms with E-state index in [2.05, 4.69) is 5.32 Å². The van der Waals surface area contributed by atoms with Crippen LogP contribution < -0.4 is 5.32 Å². The summed E-state index contributed by atoms with van der Waals surface area (Å²) >= 11 is 0. The van der Waals surface area contributed by atoms with Crippen LogP contribution in [-0.2, 0) is 24.3 Å². The predicted octanol–water partition coefficient (Wildman–Crippen LogP) is 3.26. The molecule has 2 aromatic rings. The van der Waals surface area contributed by atoms with Crippen LogP contribution in [0.4, 0.5) is 5.69 Å². The van der Waals surface area contributed by atoms with E-state index in [4.69, 9.17) is 10.00 Å². The third kappa shape index (κ3) is 5.66. The van der Waals surface area contributed by atoms with Gasteiger partial charge in [-0.05, 0) is 62.6 Å². The number of rotatable bonds is 7. The molecule has 9 heteroatoms. The molecule has 172 valence electrons. The summed E-state index contributed by atoms with van der Waals surface area (Å²) in [5.74, 6) is -1.11. The predicted molar refractivity (Wildman–Crippen MR) is 123 cm³/mol. The standard InChI is InChI=1S/C24H25N3O5S/c1-3-32-24(29)19(16-25)15-18-8-10-20(11-9-18)26-23(28)22-5-4-14-27(22)33(30,31)21-12-6-17(2)7-13-21/h6-13,15,22H,3-5,14H2,1-2H3,(H,26,28)/b19-15-/t22-/m0/s1. The van der Waals surface area contributed by atoms with E-state index in [1.165, 1.54) is 10.4 Å². The number of amides is 1. The Hall–Kier alpha value is -3.48. The van der Waals surface area contributed by atoms with Crippen molar-refractivity contribution < 1.29 is 22.7 Å². The number of aryl methyl sites for hydroxylation is 1. The van der Waals surface area contributed by atoms with E-state index in [0.717, 1.165) is 5.56 Å². The SMILES string of the molecule is CCOC(=O)/C(C#N)=C\c1ccc(NC(=O)[C@@H]2CCCN2S(=O)(=O)c2ccc(C)cc2)cc1. The van der Waals surface area contributed by atoms with Crippen LogP contribution in [0.2, 0.25) is 0 Å². The van der Waals surface area contributed by atoms with Gasteiger partial charge in [-0.3, -0.25) is 4.79 Å². The number of esters is 1. The van der Waals surface area contributed by atoms with E-state index in [1.54, 1.807) is 55.5 Å². The van der Waals surface area contributed by atoms with Crippen LogP contribution >= 0.6 is 0 Å². The molecule has 3 rings (SSSR count). The number of ether oxygens (including phenoxy) is 1. The zero-order valence-electron chi connectivity index (χ0n) is 18.4. The van der Waals surface area contributed by atoms with Crippen molar-refractivity contribution >= 4 is 33.7 Å². The molecule has 1 aliphatic rings. The Bertz CT molecular complexity index is 1200. The molecule has 1 N–H and O–H groups in total. The first-order chi connectivity index (χ1) is 15.8. The molecule has 0 radical (unpaired) electrons. The Kier molecular flexibility index (Phi) is 7.63. The fraction of sp³-hybridized carbons (Fsp3) is 0.292. The molecule has 1 saturated heterocycles. The minimum Gasteiger partial charge on any atom is -0.462 e. The van der Waals surface area contributed by atoms with Crippen molar-refractivity contribution in [3.8, 4) is 6.07 Å². The second-order valence-corrected chi connectivity index (χ2v) is 9.48. The van der Waals surface area contributed by atoms with Crippen LogP contribution in [0.15, 0.2) is 59.0 Å². The summed E-state index contributed by atoms with van der Waals surface area (Å²) in [4.78, 5) is 24.8. The largest absolute Gasteiger partial charge is 0.462 e. The number of nitrogens with zero attached hydrogens (tertiary/aromatic N) is 2. The van der Waals surface area contributed by atoms with Crippen LogP contribution in [0.1, 0.15) is 30.9 Å². The van der Waals surface area contributed by atoms with Crippen molar-refractivity contribution in [3.05, 3.63) is 65.2 Å². The van der Waals surface area contributed by atoms with Gasteiger partial charge in [0.05, 0.1) is 11.5 Å². The number of benzene rings is 2. The molecule has 1 atom stereocenters. The molecule has 0 bridgehead atoms. The number of hydrogen-bond donors (Lipinski definition) is 1. The molecule has 1 aliphatic heterocycles. The first-order valence-electron chi connectivity index (χ1n) is 10.5. The Labute approximate surface area is 193 Å². The molecule has 0 unspecified atom stereocenters. The van der Waals surface area contributed by atoms with Crippen LogP contribution in [0, 0.1) is 18.3 Å².